The van der Waals surface area contributed by atoms with Crippen LogP contribution in [0.15, 0.2) is 146 Å². The predicted molar refractivity (Wildman–Crippen MR) is 168 cm³/mol. The molecule has 0 radical (unpaired) electrons. The Morgan fingerprint density at radius 2 is 0.974 bits per heavy atom. The maximum atomic E-state index is 6.74. The standard InChI is InChI=1S/C35H24NPS/c38-37(27-13-2-1-3-14-27,34-20-10-12-25-11-4-5-15-29(25)34)28-23-21-26(22-24-28)35-30-16-6-8-18-32(30)36-33-19-9-7-17-31(33)35/h1-24H. The Hall–Kier alpha value is -4.10. The molecule has 180 valence electrons. The number of aromatic nitrogens is 1. The molecule has 1 aromatic heterocycles. The van der Waals surface area contributed by atoms with Crippen molar-refractivity contribution in [3.05, 3.63) is 146 Å². The van der Waals surface area contributed by atoms with Gasteiger partial charge in [0, 0.05) is 27.7 Å². The molecule has 0 fully saturated rings. The number of pyridine rings is 1. The van der Waals surface area contributed by atoms with Crippen LogP contribution in [0, 0.1) is 0 Å². The molecule has 0 aliphatic heterocycles. The fraction of sp³-hybridized carbons (Fsp3) is 0. The van der Waals surface area contributed by atoms with Crippen LogP contribution in [0.3, 0.4) is 0 Å². The summed E-state index contributed by atoms with van der Waals surface area (Å²) in [6, 6.07) is 49.3. The van der Waals surface area contributed by atoms with Crippen LogP contribution in [0.25, 0.3) is 43.7 Å². The van der Waals surface area contributed by atoms with Gasteiger partial charge in [-0.2, -0.15) is 0 Å². The minimum atomic E-state index is -2.31. The van der Waals surface area contributed by atoms with E-state index in [9.17, 15) is 0 Å². The van der Waals surface area contributed by atoms with Crippen molar-refractivity contribution in [1.29, 1.82) is 0 Å². The van der Waals surface area contributed by atoms with E-state index in [1.54, 1.807) is 0 Å². The van der Waals surface area contributed by atoms with Gasteiger partial charge in [-0.1, -0.05) is 145 Å². The second-order valence-corrected chi connectivity index (χ2v) is 13.9. The summed E-state index contributed by atoms with van der Waals surface area (Å²) in [5.41, 5.74) is 4.41. The molecule has 0 aliphatic rings. The molecule has 6 aromatic carbocycles. The van der Waals surface area contributed by atoms with Gasteiger partial charge in [-0.05, 0) is 39.1 Å². The van der Waals surface area contributed by atoms with Gasteiger partial charge >= 0.3 is 0 Å². The summed E-state index contributed by atoms with van der Waals surface area (Å²) in [6.45, 7) is 0. The first-order chi connectivity index (χ1) is 18.7. The highest BCUT2D eigenvalue weighted by Gasteiger charge is 2.26. The van der Waals surface area contributed by atoms with Gasteiger partial charge in [0.25, 0.3) is 0 Å². The third-order valence-electron chi connectivity index (χ3n) is 7.33. The van der Waals surface area contributed by atoms with Crippen molar-refractivity contribution in [3.63, 3.8) is 0 Å². The van der Waals surface area contributed by atoms with Crippen molar-refractivity contribution >= 4 is 66.3 Å². The van der Waals surface area contributed by atoms with Crippen molar-refractivity contribution < 1.29 is 0 Å². The molecule has 7 aromatic rings. The lowest BCUT2D eigenvalue weighted by atomic mass is 9.96. The van der Waals surface area contributed by atoms with Gasteiger partial charge in [0.1, 0.15) is 0 Å². The van der Waals surface area contributed by atoms with E-state index in [0.29, 0.717) is 0 Å². The first-order valence-electron chi connectivity index (χ1n) is 12.8. The van der Waals surface area contributed by atoms with Crippen LogP contribution in [0.4, 0.5) is 0 Å². The molecule has 0 amide bonds. The van der Waals surface area contributed by atoms with Gasteiger partial charge < -0.3 is 0 Å². The van der Waals surface area contributed by atoms with Gasteiger partial charge in [-0.15, -0.1) is 0 Å². The molecule has 1 heterocycles. The zero-order chi connectivity index (χ0) is 25.5. The number of fused-ring (bicyclic) bond motifs is 3. The number of benzene rings is 6. The number of hydrogen-bond donors (Lipinski definition) is 0. The Bertz CT molecular complexity index is 1940. The average Bonchev–Trinajstić information content (AvgIpc) is 3.00. The largest absolute Gasteiger partial charge is 0.248 e. The molecule has 1 nitrogen and oxygen atoms in total. The fourth-order valence-electron chi connectivity index (χ4n) is 5.54. The molecule has 0 saturated heterocycles. The van der Waals surface area contributed by atoms with E-state index >= 15 is 0 Å². The second kappa shape index (κ2) is 9.33. The molecule has 0 saturated carbocycles. The average molecular weight is 522 g/mol. The van der Waals surface area contributed by atoms with Crippen molar-refractivity contribution in [2.24, 2.45) is 0 Å². The van der Waals surface area contributed by atoms with E-state index < -0.39 is 6.04 Å². The molecule has 0 bridgehead atoms. The molecule has 1 unspecified atom stereocenters. The minimum Gasteiger partial charge on any atom is -0.248 e. The Labute approximate surface area is 227 Å². The zero-order valence-electron chi connectivity index (χ0n) is 20.7. The summed E-state index contributed by atoms with van der Waals surface area (Å²) in [5, 5.41) is 8.43. The van der Waals surface area contributed by atoms with Crippen molar-refractivity contribution in [2.75, 3.05) is 0 Å². The topological polar surface area (TPSA) is 12.9 Å². The molecule has 3 heteroatoms. The first-order valence-corrected chi connectivity index (χ1v) is 15.6. The minimum absolute atomic E-state index is 1.01. The predicted octanol–water partition coefficient (Wildman–Crippen LogP) is 7.96. The quantitative estimate of drug-likeness (QED) is 0.172. The third-order valence-corrected chi connectivity index (χ3v) is 12.3. The molecule has 7 rings (SSSR count). The lowest BCUT2D eigenvalue weighted by Crippen LogP contribution is -2.25. The molecule has 0 spiro atoms. The molecule has 0 aliphatic carbocycles. The van der Waals surface area contributed by atoms with Gasteiger partial charge in [0.2, 0.25) is 0 Å². The van der Waals surface area contributed by atoms with Crippen LogP contribution in [0.1, 0.15) is 0 Å². The van der Waals surface area contributed by atoms with E-state index in [1.807, 2.05) is 0 Å². The SMILES string of the molecule is S=P(c1ccccc1)(c1ccc(-c2c3ccccc3nc3ccccc23)cc1)c1cccc2ccccc12. The van der Waals surface area contributed by atoms with E-state index in [1.165, 1.54) is 37.8 Å². The summed E-state index contributed by atoms with van der Waals surface area (Å²) in [4.78, 5) is 4.92. The highest BCUT2D eigenvalue weighted by Crippen LogP contribution is 2.45. The van der Waals surface area contributed by atoms with Crippen LogP contribution < -0.4 is 15.9 Å². The molecule has 1 atom stereocenters. The number of para-hydroxylation sites is 2. The van der Waals surface area contributed by atoms with E-state index in [0.717, 1.165) is 21.8 Å². The maximum absolute atomic E-state index is 6.74. The van der Waals surface area contributed by atoms with Crippen LogP contribution in [0.5, 0.6) is 0 Å². The zero-order valence-corrected chi connectivity index (χ0v) is 22.4. The first kappa shape index (κ1) is 23.0. The van der Waals surface area contributed by atoms with Gasteiger partial charge in [0.05, 0.1) is 11.0 Å². The molecular formula is C35H24NPS. The summed E-state index contributed by atoms with van der Waals surface area (Å²) in [5.74, 6) is 0. The molecule has 38 heavy (non-hydrogen) atoms. The van der Waals surface area contributed by atoms with Crippen molar-refractivity contribution in [3.8, 4) is 11.1 Å². The normalized spacial score (nSPS) is 13.1. The number of nitrogens with zero attached hydrogens (tertiary/aromatic N) is 1. The highest BCUT2D eigenvalue weighted by atomic mass is 32.4. The van der Waals surface area contributed by atoms with Crippen LogP contribution >= 0.6 is 6.04 Å². The third kappa shape index (κ3) is 3.69. The Kier molecular flexibility index (Phi) is 5.66. The Morgan fingerprint density at radius 3 is 1.66 bits per heavy atom. The van der Waals surface area contributed by atoms with Crippen LogP contribution in [0.2, 0.25) is 0 Å². The number of hydrogen-bond acceptors (Lipinski definition) is 2. The van der Waals surface area contributed by atoms with Crippen LogP contribution in [-0.4, -0.2) is 4.98 Å². The lowest BCUT2D eigenvalue weighted by Gasteiger charge is -2.26. The lowest BCUT2D eigenvalue weighted by molar-refractivity contribution is 1.49. The smallest absolute Gasteiger partial charge is 0.0715 e. The van der Waals surface area contributed by atoms with Gasteiger partial charge in [-0.3, -0.25) is 0 Å². The summed E-state index contributed by atoms with van der Waals surface area (Å²) in [6.07, 6.45) is 0. The summed E-state index contributed by atoms with van der Waals surface area (Å²) < 4.78 is 0. The molecule has 0 N–H and O–H groups in total. The fourth-order valence-corrected chi connectivity index (χ4v) is 9.60. The van der Waals surface area contributed by atoms with E-state index in [-0.39, 0.29) is 0 Å². The maximum Gasteiger partial charge on any atom is 0.0715 e. The Morgan fingerprint density at radius 1 is 0.447 bits per heavy atom. The summed E-state index contributed by atoms with van der Waals surface area (Å²) in [7, 11) is 0. The monoisotopic (exact) mass is 521 g/mol. The van der Waals surface area contributed by atoms with E-state index in [2.05, 4.69) is 146 Å². The van der Waals surface area contributed by atoms with Crippen molar-refractivity contribution in [2.45, 2.75) is 0 Å². The Balaban J connectivity index is 1.47. The van der Waals surface area contributed by atoms with E-state index in [4.69, 9.17) is 16.8 Å². The molecular weight excluding hydrogens is 497 g/mol. The van der Waals surface area contributed by atoms with Crippen molar-refractivity contribution in [1.82, 2.24) is 4.98 Å². The van der Waals surface area contributed by atoms with Gasteiger partial charge in [-0.25, -0.2) is 4.98 Å². The van der Waals surface area contributed by atoms with Gasteiger partial charge in [0.15, 0.2) is 0 Å². The highest BCUT2D eigenvalue weighted by molar-refractivity contribution is 8.25. The summed E-state index contributed by atoms with van der Waals surface area (Å²) >= 11 is 6.74. The second-order valence-electron chi connectivity index (χ2n) is 9.51. The number of rotatable bonds is 4. The van der Waals surface area contributed by atoms with Crippen LogP contribution in [-0.2, 0) is 11.8 Å².